The van der Waals surface area contributed by atoms with Gasteiger partial charge in [0.25, 0.3) is 5.91 Å². The third kappa shape index (κ3) is 2.97. The summed E-state index contributed by atoms with van der Waals surface area (Å²) in [5, 5.41) is 2.97. The van der Waals surface area contributed by atoms with E-state index < -0.39 is 24.5 Å². The van der Waals surface area contributed by atoms with E-state index in [1.165, 1.54) is 13.2 Å². The second-order valence-electron chi connectivity index (χ2n) is 4.01. The molecule has 1 aliphatic rings. The predicted octanol–water partition coefficient (Wildman–Crippen LogP) is 1.41. The Labute approximate surface area is 120 Å². The Kier molecular flexibility index (Phi) is 4.05. The van der Waals surface area contributed by atoms with Crippen LogP contribution in [0, 0.1) is 0 Å². The lowest BCUT2D eigenvalue weighted by atomic mass is 10.2. The zero-order chi connectivity index (χ0) is 14.7. The normalized spacial score (nSPS) is 16.5. The topological polar surface area (TPSA) is 75.7 Å². The maximum atomic E-state index is 12.0. The van der Waals surface area contributed by atoms with Crippen molar-refractivity contribution in [1.82, 2.24) is 10.2 Å². The monoisotopic (exact) mass is 294 g/mol. The van der Waals surface area contributed by atoms with Crippen LogP contribution in [0.5, 0.6) is 0 Å². The van der Waals surface area contributed by atoms with Crippen LogP contribution in [0.1, 0.15) is 5.56 Å². The molecule has 1 aromatic rings. The molecule has 0 atom stereocenters. The lowest BCUT2D eigenvalue weighted by molar-refractivity contribution is -0.143. The predicted molar refractivity (Wildman–Crippen MR) is 71.7 cm³/mol. The van der Waals surface area contributed by atoms with Crippen molar-refractivity contribution in [2.75, 3.05) is 13.7 Å². The van der Waals surface area contributed by atoms with Crippen LogP contribution in [0.15, 0.2) is 30.0 Å². The summed E-state index contributed by atoms with van der Waals surface area (Å²) in [6, 6.07) is 6.10. The standard InChI is InChI=1S/C13H11ClN2O4/c1-20-11(17)7-16-12(18)10(15-13(16)19)6-8-2-4-9(14)5-3-8/h2-6H,7H2,1H3,(H,15,19)/b10-6+. The molecule has 0 bridgehead atoms. The minimum Gasteiger partial charge on any atom is -0.468 e. The highest BCUT2D eigenvalue weighted by Crippen LogP contribution is 2.16. The summed E-state index contributed by atoms with van der Waals surface area (Å²) in [6.07, 6.45) is 1.51. The van der Waals surface area contributed by atoms with Crippen molar-refractivity contribution in [3.63, 3.8) is 0 Å². The first-order valence-corrected chi connectivity index (χ1v) is 6.06. The summed E-state index contributed by atoms with van der Waals surface area (Å²) in [6.45, 7) is -0.418. The van der Waals surface area contributed by atoms with Gasteiger partial charge < -0.3 is 10.1 Å². The minimum atomic E-state index is -0.666. The molecule has 0 saturated carbocycles. The van der Waals surface area contributed by atoms with Crippen molar-refractivity contribution in [3.05, 3.63) is 40.5 Å². The van der Waals surface area contributed by atoms with Crippen molar-refractivity contribution < 1.29 is 19.1 Å². The van der Waals surface area contributed by atoms with Gasteiger partial charge in [-0.1, -0.05) is 23.7 Å². The van der Waals surface area contributed by atoms with E-state index in [0.717, 1.165) is 4.90 Å². The number of rotatable bonds is 3. The van der Waals surface area contributed by atoms with Gasteiger partial charge in [0.15, 0.2) is 0 Å². The maximum absolute atomic E-state index is 12.0. The number of amides is 3. The van der Waals surface area contributed by atoms with Crippen molar-refractivity contribution in [2.45, 2.75) is 0 Å². The molecule has 1 saturated heterocycles. The molecule has 1 aromatic carbocycles. The van der Waals surface area contributed by atoms with Gasteiger partial charge in [0.1, 0.15) is 12.2 Å². The fraction of sp³-hybridized carbons (Fsp3) is 0.154. The van der Waals surface area contributed by atoms with Gasteiger partial charge in [-0.25, -0.2) is 9.69 Å². The van der Waals surface area contributed by atoms with Crippen molar-refractivity contribution in [2.24, 2.45) is 0 Å². The largest absolute Gasteiger partial charge is 0.468 e. The Morgan fingerprint density at radius 3 is 2.60 bits per heavy atom. The summed E-state index contributed by atoms with van der Waals surface area (Å²) >= 11 is 5.76. The zero-order valence-corrected chi connectivity index (χ0v) is 11.3. The number of ether oxygens (including phenoxy) is 1. The number of nitrogens with one attached hydrogen (secondary N) is 1. The van der Waals surface area contributed by atoms with E-state index >= 15 is 0 Å². The average molecular weight is 295 g/mol. The van der Waals surface area contributed by atoms with Gasteiger partial charge in [-0.05, 0) is 23.8 Å². The fourth-order valence-corrected chi connectivity index (χ4v) is 1.76. The summed E-state index contributed by atoms with van der Waals surface area (Å²) in [5.74, 6) is -1.24. The van der Waals surface area contributed by atoms with Crippen LogP contribution in [0.4, 0.5) is 4.79 Å². The van der Waals surface area contributed by atoms with Crippen LogP contribution in [0.3, 0.4) is 0 Å². The van der Waals surface area contributed by atoms with Crippen molar-refractivity contribution >= 4 is 35.6 Å². The number of imide groups is 1. The summed E-state index contributed by atoms with van der Waals surface area (Å²) in [7, 11) is 1.19. The van der Waals surface area contributed by atoms with Crippen LogP contribution < -0.4 is 5.32 Å². The number of hydrogen-bond donors (Lipinski definition) is 1. The second-order valence-corrected chi connectivity index (χ2v) is 4.44. The Morgan fingerprint density at radius 1 is 1.35 bits per heavy atom. The van der Waals surface area contributed by atoms with Crippen molar-refractivity contribution in [1.29, 1.82) is 0 Å². The fourth-order valence-electron chi connectivity index (χ4n) is 1.63. The first-order chi connectivity index (χ1) is 9.51. The highest BCUT2D eigenvalue weighted by molar-refractivity contribution is 6.30. The van der Waals surface area contributed by atoms with E-state index in [9.17, 15) is 14.4 Å². The van der Waals surface area contributed by atoms with Crippen LogP contribution >= 0.6 is 11.6 Å². The number of urea groups is 1. The van der Waals surface area contributed by atoms with Gasteiger partial charge in [0.05, 0.1) is 7.11 Å². The smallest absolute Gasteiger partial charge is 0.329 e. The minimum absolute atomic E-state index is 0.0984. The first kappa shape index (κ1) is 14.1. The van der Waals surface area contributed by atoms with Crippen LogP contribution in [0.2, 0.25) is 5.02 Å². The second kappa shape index (κ2) is 5.75. The van der Waals surface area contributed by atoms with E-state index in [1.807, 2.05) is 0 Å². The molecule has 20 heavy (non-hydrogen) atoms. The summed E-state index contributed by atoms with van der Waals surface area (Å²) in [5.41, 5.74) is 0.805. The molecule has 1 fully saturated rings. The lowest BCUT2D eigenvalue weighted by Gasteiger charge is -2.08. The lowest BCUT2D eigenvalue weighted by Crippen LogP contribution is -2.36. The molecule has 104 valence electrons. The summed E-state index contributed by atoms with van der Waals surface area (Å²) in [4.78, 5) is 35.5. The Hall–Kier alpha value is -2.34. The average Bonchev–Trinajstić information content (AvgIpc) is 2.69. The SMILES string of the molecule is COC(=O)CN1C(=O)N/C(=C/c2ccc(Cl)cc2)C1=O. The first-order valence-electron chi connectivity index (χ1n) is 5.68. The zero-order valence-electron chi connectivity index (χ0n) is 10.6. The molecule has 0 aliphatic carbocycles. The third-order valence-corrected chi connectivity index (χ3v) is 2.91. The number of carbonyl (C=O) groups is 3. The van der Waals surface area contributed by atoms with E-state index in [1.54, 1.807) is 24.3 Å². The van der Waals surface area contributed by atoms with Gasteiger partial charge in [-0.15, -0.1) is 0 Å². The number of methoxy groups -OCH3 is 1. The Bertz CT molecular complexity index is 595. The molecule has 0 spiro atoms. The van der Waals surface area contributed by atoms with E-state index in [4.69, 9.17) is 11.6 Å². The molecule has 2 rings (SSSR count). The molecule has 7 heteroatoms. The quantitative estimate of drug-likeness (QED) is 0.519. The van der Waals surface area contributed by atoms with E-state index in [-0.39, 0.29) is 5.70 Å². The number of esters is 1. The van der Waals surface area contributed by atoms with E-state index in [0.29, 0.717) is 10.6 Å². The molecule has 0 unspecified atom stereocenters. The molecule has 3 amide bonds. The van der Waals surface area contributed by atoms with Gasteiger partial charge in [-0.3, -0.25) is 9.59 Å². The molecule has 1 N–H and O–H groups in total. The van der Waals surface area contributed by atoms with Gasteiger partial charge in [0, 0.05) is 5.02 Å². The number of nitrogens with zero attached hydrogens (tertiary/aromatic N) is 1. The number of benzene rings is 1. The van der Waals surface area contributed by atoms with Crippen LogP contribution in [-0.4, -0.2) is 36.5 Å². The maximum Gasteiger partial charge on any atom is 0.329 e. The highest BCUT2D eigenvalue weighted by Gasteiger charge is 2.35. The molecule has 6 nitrogen and oxygen atoms in total. The molecular weight excluding hydrogens is 284 g/mol. The molecule has 0 radical (unpaired) electrons. The number of carbonyl (C=O) groups excluding carboxylic acids is 3. The van der Waals surface area contributed by atoms with Crippen molar-refractivity contribution in [3.8, 4) is 0 Å². The highest BCUT2D eigenvalue weighted by atomic mass is 35.5. The summed E-state index contributed by atoms with van der Waals surface area (Å²) < 4.78 is 4.43. The third-order valence-electron chi connectivity index (χ3n) is 2.66. The van der Waals surface area contributed by atoms with Crippen LogP contribution in [-0.2, 0) is 14.3 Å². The van der Waals surface area contributed by atoms with E-state index in [2.05, 4.69) is 10.1 Å². The number of hydrogen-bond acceptors (Lipinski definition) is 4. The van der Waals surface area contributed by atoms with Gasteiger partial charge in [-0.2, -0.15) is 0 Å². The molecule has 1 aliphatic heterocycles. The Balaban J connectivity index is 2.19. The number of halogens is 1. The molecular formula is C13H11ClN2O4. The van der Waals surface area contributed by atoms with Crippen LogP contribution in [0.25, 0.3) is 6.08 Å². The molecule has 1 heterocycles. The Morgan fingerprint density at radius 2 is 2.00 bits per heavy atom. The molecule has 0 aromatic heterocycles. The van der Waals surface area contributed by atoms with Gasteiger partial charge in [0.2, 0.25) is 0 Å². The van der Waals surface area contributed by atoms with Gasteiger partial charge >= 0.3 is 12.0 Å².